The highest BCUT2D eigenvalue weighted by Gasteiger charge is 2.25. The van der Waals surface area contributed by atoms with Gasteiger partial charge in [-0.05, 0) is 20.9 Å². The molecule has 2 nitrogen and oxygen atoms in total. The largest absolute Gasteiger partial charge is 0.300 e. The average molecular weight is 141 g/mol. The van der Waals surface area contributed by atoms with Crippen molar-refractivity contribution in [2.24, 2.45) is 0 Å². The van der Waals surface area contributed by atoms with Gasteiger partial charge in [-0.2, -0.15) is 0 Å². The van der Waals surface area contributed by atoms with E-state index in [-0.39, 0.29) is 0 Å². The van der Waals surface area contributed by atoms with Gasteiger partial charge < -0.3 is 4.90 Å². The second-order valence-corrected chi connectivity index (χ2v) is 3.31. The van der Waals surface area contributed by atoms with Gasteiger partial charge in [-0.3, -0.25) is 4.79 Å². The van der Waals surface area contributed by atoms with Gasteiger partial charge in [0.25, 0.3) is 0 Å². The number of piperidine rings is 1. The van der Waals surface area contributed by atoms with Gasteiger partial charge in [0.05, 0.1) is 0 Å². The van der Waals surface area contributed by atoms with Crippen LogP contribution in [-0.4, -0.2) is 29.8 Å². The summed E-state index contributed by atoms with van der Waals surface area (Å²) < 4.78 is 0. The minimum atomic E-state index is 0.415. The van der Waals surface area contributed by atoms with Crippen molar-refractivity contribution in [3.8, 4) is 0 Å². The summed E-state index contributed by atoms with van der Waals surface area (Å²) in [6, 6.07) is 0.882. The van der Waals surface area contributed by atoms with E-state index < -0.39 is 0 Å². The molecular weight excluding hydrogens is 126 g/mol. The zero-order valence-corrected chi connectivity index (χ0v) is 6.92. The molecule has 10 heavy (non-hydrogen) atoms. The quantitative estimate of drug-likeness (QED) is 0.502. The Labute approximate surface area is 62.2 Å². The first kappa shape index (κ1) is 7.73. The van der Waals surface area contributed by atoms with Crippen LogP contribution >= 0.6 is 0 Å². The SMILES string of the molecule is C[C@H]1CC(=O)C[C@H](C)N1C. The second-order valence-electron chi connectivity index (χ2n) is 3.31. The molecule has 0 aromatic carbocycles. The van der Waals surface area contributed by atoms with Crippen molar-refractivity contribution in [2.45, 2.75) is 38.8 Å². The summed E-state index contributed by atoms with van der Waals surface area (Å²) in [5.41, 5.74) is 0. The van der Waals surface area contributed by atoms with E-state index in [1.807, 2.05) is 0 Å². The molecule has 1 saturated heterocycles. The topological polar surface area (TPSA) is 20.3 Å². The Morgan fingerprint density at radius 1 is 1.30 bits per heavy atom. The van der Waals surface area contributed by atoms with Crippen LogP contribution in [-0.2, 0) is 4.79 Å². The van der Waals surface area contributed by atoms with Gasteiger partial charge in [0.1, 0.15) is 5.78 Å². The maximum Gasteiger partial charge on any atom is 0.136 e. The van der Waals surface area contributed by atoms with Crippen LogP contribution in [0.3, 0.4) is 0 Å². The van der Waals surface area contributed by atoms with Gasteiger partial charge >= 0.3 is 0 Å². The maximum absolute atomic E-state index is 11.0. The molecule has 1 aliphatic heterocycles. The number of likely N-dealkylation sites (tertiary alicyclic amines) is 1. The first-order valence-electron chi connectivity index (χ1n) is 3.85. The summed E-state index contributed by atoms with van der Waals surface area (Å²) in [6.45, 7) is 4.21. The standard InChI is InChI=1S/C8H15NO/c1-6-4-8(10)5-7(2)9(6)3/h6-7H,4-5H2,1-3H3/t6-,7-/m0/s1. The maximum atomic E-state index is 11.0. The first-order chi connectivity index (χ1) is 4.61. The van der Waals surface area contributed by atoms with Crippen LogP contribution in [0.15, 0.2) is 0 Å². The lowest BCUT2D eigenvalue weighted by molar-refractivity contribution is -0.124. The van der Waals surface area contributed by atoms with Gasteiger partial charge in [0, 0.05) is 24.9 Å². The number of hydrogen-bond donors (Lipinski definition) is 0. The fourth-order valence-electron chi connectivity index (χ4n) is 1.46. The zero-order valence-electron chi connectivity index (χ0n) is 6.92. The molecule has 0 aliphatic carbocycles. The van der Waals surface area contributed by atoms with Gasteiger partial charge in [-0.1, -0.05) is 0 Å². The van der Waals surface area contributed by atoms with E-state index in [9.17, 15) is 4.79 Å². The van der Waals surface area contributed by atoms with Crippen molar-refractivity contribution < 1.29 is 4.79 Å². The minimum Gasteiger partial charge on any atom is -0.300 e. The lowest BCUT2D eigenvalue weighted by Crippen LogP contribution is -2.43. The molecule has 1 heterocycles. The molecule has 0 saturated carbocycles. The molecule has 1 rings (SSSR count). The van der Waals surface area contributed by atoms with Crippen molar-refractivity contribution in [1.29, 1.82) is 0 Å². The molecule has 0 spiro atoms. The Bertz CT molecular complexity index is 130. The van der Waals surface area contributed by atoms with Crippen molar-refractivity contribution in [1.82, 2.24) is 4.90 Å². The van der Waals surface area contributed by atoms with Crippen LogP contribution in [0.2, 0.25) is 0 Å². The summed E-state index contributed by atoms with van der Waals surface area (Å²) in [5.74, 6) is 0.415. The summed E-state index contributed by atoms with van der Waals surface area (Å²) in [6.07, 6.45) is 1.47. The van der Waals surface area contributed by atoms with Gasteiger partial charge in [-0.25, -0.2) is 0 Å². The number of hydrogen-bond acceptors (Lipinski definition) is 2. The molecule has 1 aliphatic rings. The molecule has 58 valence electrons. The molecule has 0 N–H and O–H groups in total. The van der Waals surface area contributed by atoms with Crippen molar-refractivity contribution in [3.05, 3.63) is 0 Å². The minimum absolute atomic E-state index is 0.415. The molecule has 0 aromatic heterocycles. The monoisotopic (exact) mass is 141 g/mol. The Balaban J connectivity index is 2.57. The summed E-state index contributed by atoms with van der Waals surface area (Å²) in [7, 11) is 2.09. The third-order valence-electron chi connectivity index (χ3n) is 2.44. The van der Waals surface area contributed by atoms with E-state index in [2.05, 4.69) is 25.8 Å². The van der Waals surface area contributed by atoms with Crippen LogP contribution < -0.4 is 0 Å². The van der Waals surface area contributed by atoms with Crippen LogP contribution in [0.25, 0.3) is 0 Å². The Morgan fingerprint density at radius 2 is 1.70 bits per heavy atom. The van der Waals surface area contributed by atoms with E-state index in [1.54, 1.807) is 0 Å². The van der Waals surface area contributed by atoms with Crippen LogP contribution in [0, 0.1) is 0 Å². The smallest absolute Gasteiger partial charge is 0.136 e. The highest BCUT2D eigenvalue weighted by atomic mass is 16.1. The fraction of sp³-hybridized carbons (Fsp3) is 0.875. The molecule has 0 unspecified atom stereocenters. The Hall–Kier alpha value is -0.370. The van der Waals surface area contributed by atoms with E-state index in [4.69, 9.17) is 0 Å². The number of Topliss-reactive ketones (excluding diaryl/α,β-unsaturated/α-hetero) is 1. The molecule has 1 fully saturated rings. The van der Waals surface area contributed by atoms with E-state index in [0.29, 0.717) is 17.9 Å². The molecule has 0 aromatic rings. The number of rotatable bonds is 0. The van der Waals surface area contributed by atoms with E-state index in [1.165, 1.54) is 0 Å². The van der Waals surface area contributed by atoms with Gasteiger partial charge in [-0.15, -0.1) is 0 Å². The molecule has 2 heteroatoms. The van der Waals surface area contributed by atoms with Crippen molar-refractivity contribution >= 4 is 5.78 Å². The average Bonchev–Trinajstić information content (AvgIpc) is 1.82. The highest BCUT2D eigenvalue weighted by molar-refractivity contribution is 5.80. The van der Waals surface area contributed by atoms with E-state index in [0.717, 1.165) is 12.8 Å². The molecule has 2 atom stereocenters. The molecule has 0 radical (unpaired) electrons. The van der Waals surface area contributed by atoms with Crippen LogP contribution in [0.4, 0.5) is 0 Å². The number of nitrogens with zero attached hydrogens (tertiary/aromatic N) is 1. The second kappa shape index (κ2) is 2.70. The third kappa shape index (κ3) is 1.37. The Morgan fingerprint density at radius 3 is 2.10 bits per heavy atom. The summed E-state index contributed by atoms with van der Waals surface area (Å²) in [5, 5.41) is 0. The molecule has 0 amide bonds. The van der Waals surface area contributed by atoms with Crippen molar-refractivity contribution in [2.75, 3.05) is 7.05 Å². The van der Waals surface area contributed by atoms with Crippen LogP contribution in [0.1, 0.15) is 26.7 Å². The van der Waals surface area contributed by atoms with Gasteiger partial charge in [0.2, 0.25) is 0 Å². The highest BCUT2D eigenvalue weighted by Crippen LogP contribution is 2.17. The lowest BCUT2D eigenvalue weighted by atomic mass is 9.97. The predicted octanol–water partition coefficient (Wildman–Crippen LogP) is 1.06. The predicted molar refractivity (Wildman–Crippen MR) is 40.9 cm³/mol. The van der Waals surface area contributed by atoms with Gasteiger partial charge in [0.15, 0.2) is 0 Å². The fourth-order valence-corrected chi connectivity index (χ4v) is 1.46. The first-order valence-corrected chi connectivity index (χ1v) is 3.85. The van der Waals surface area contributed by atoms with E-state index >= 15 is 0 Å². The van der Waals surface area contributed by atoms with Crippen LogP contribution in [0.5, 0.6) is 0 Å². The lowest BCUT2D eigenvalue weighted by Gasteiger charge is -2.34. The summed E-state index contributed by atoms with van der Waals surface area (Å²) >= 11 is 0. The number of ketones is 1. The number of carbonyl (C=O) groups is 1. The molecular formula is C8H15NO. The number of carbonyl (C=O) groups excluding carboxylic acids is 1. The van der Waals surface area contributed by atoms with Crippen molar-refractivity contribution in [3.63, 3.8) is 0 Å². The Kier molecular flexibility index (Phi) is 2.09. The normalized spacial score (nSPS) is 36.5. The zero-order chi connectivity index (χ0) is 7.72. The third-order valence-corrected chi connectivity index (χ3v) is 2.44. The molecule has 0 bridgehead atoms. The summed E-state index contributed by atoms with van der Waals surface area (Å²) in [4.78, 5) is 13.3.